The first-order valence-corrected chi connectivity index (χ1v) is 3.67. The molecule has 0 amide bonds. The highest BCUT2D eigenvalue weighted by molar-refractivity contribution is 5.70. The first-order chi connectivity index (χ1) is 5.34. The van der Waals surface area contributed by atoms with Gasteiger partial charge in [0.05, 0.1) is 0 Å². The molecule has 0 aliphatic heterocycles. The highest BCUT2D eigenvalue weighted by atomic mass is 14.6. The smallest absolute Gasteiger partial charge is 0.0361 e. The van der Waals surface area contributed by atoms with E-state index < -0.39 is 0 Å². The summed E-state index contributed by atoms with van der Waals surface area (Å²) < 4.78 is 0. The lowest BCUT2D eigenvalue weighted by atomic mass is 10.0. The van der Waals surface area contributed by atoms with Crippen molar-refractivity contribution in [3.8, 4) is 0 Å². The third-order valence-corrected chi connectivity index (χ3v) is 1.65. The van der Waals surface area contributed by atoms with Crippen LogP contribution in [0.3, 0.4) is 0 Å². The topological polar surface area (TPSA) is 49.9 Å². The maximum Gasteiger partial charge on any atom is 0.0361 e. The molecule has 0 radical (unpaired) electrons. The van der Waals surface area contributed by atoms with Crippen LogP contribution < -0.4 is 5.73 Å². The van der Waals surface area contributed by atoms with Gasteiger partial charge in [0.25, 0.3) is 0 Å². The molecule has 0 atom stereocenters. The zero-order valence-electron chi connectivity index (χ0n) is 6.38. The highest BCUT2D eigenvalue weighted by Gasteiger charge is 2.00. The van der Waals surface area contributed by atoms with Crippen molar-refractivity contribution in [3.05, 3.63) is 35.6 Å². The molecule has 1 rings (SSSR count). The molecular formula is C9H12N2. The Morgan fingerprint density at radius 1 is 1.64 bits per heavy atom. The summed E-state index contributed by atoms with van der Waals surface area (Å²) in [5.41, 5.74) is 7.51. The van der Waals surface area contributed by atoms with Crippen molar-refractivity contribution >= 4 is 6.21 Å². The average Bonchev–Trinajstić information content (AvgIpc) is 2.07. The van der Waals surface area contributed by atoms with Crippen molar-refractivity contribution in [2.45, 2.75) is 12.8 Å². The van der Waals surface area contributed by atoms with Gasteiger partial charge >= 0.3 is 0 Å². The maximum atomic E-state index is 6.83. The first kappa shape index (κ1) is 7.79. The fourth-order valence-electron chi connectivity index (χ4n) is 1.04. The second kappa shape index (κ2) is 3.76. The summed E-state index contributed by atoms with van der Waals surface area (Å²) in [6.45, 7) is 0. The van der Waals surface area contributed by atoms with Gasteiger partial charge in [-0.2, -0.15) is 0 Å². The van der Waals surface area contributed by atoms with Gasteiger partial charge in [-0.1, -0.05) is 18.2 Å². The van der Waals surface area contributed by atoms with E-state index in [1.165, 1.54) is 6.21 Å². The molecule has 1 aliphatic carbocycles. The van der Waals surface area contributed by atoms with Crippen molar-refractivity contribution in [2.24, 2.45) is 5.73 Å². The molecule has 2 nitrogen and oxygen atoms in total. The van der Waals surface area contributed by atoms with Crippen LogP contribution in [0.25, 0.3) is 0 Å². The molecule has 0 bridgehead atoms. The van der Waals surface area contributed by atoms with E-state index in [2.05, 4.69) is 6.08 Å². The molecule has 0 saturated heterocycles. The Morgan fingerprint density at radius 3 is 3.00 bits per heavy atom. The van der Waals surface area contributed by atoms with Crippen LogP contribution >= 0.6 is 0 Å². The van der Waals surface area contributed by atoms with Gasteiger partial charge in [0, 0.05) is 11.9 Å². The van der Waals surface area contributed by atoms with E-state index in [1.807, 2.05) is 12.2 Å². The number of hydrogen-bond acceptors (Lipinski definition) is 2. The van der Waals surface area contributed by atoms with Crippen molar-refractivity contribution in [1.82, 2.24) is 0 Å². The van der Waals surface area contributed by atoms with Crippen LogP contribution in [0.15, 0.2) is 35.6 Å². The molecule has 0 aromatic carbocycles. The molecule has 1 aliphatic rings. The molecule has 0 aromatic heterocycles. The predicted octanol–water partition coefficient (Wildman–Crippen LogP) is 1.75. The molecule has 2 heteroatoms. The maximum absolute atomic E-state index is 6.83. The van der Waals surface area contributed by atoms with Crippen LogP contribution in [0, 0.1) is 5.41 Å². The Hall–Kier alpha value is -1.31. The van der Waals surface area contributed by atoms with E-state index in [4.69, 9.17) is 11.1 Å². The summed E-state index contributed by atoms with van der Waals surface area (Å²) >= 11 is 0. The van der Waals surface area contributed by atoms with E-state index >= 15 is 0 Å². The summed E-state index contributed by atoms with van der Waals surface area (Å²) in [4.78, 5) is 0. The zero-order valence-corrected chi connectivity index (χ0v) is 6.38. The summed E-state index contributed by atoms with van der Waals surface area (Å²) in [6, 6.07) is 0. The lowest BCUT2D eigenvalue weighted by Gasteiger charge is -2.07. The van der Waals surface area contributed by atoms with Gasteiger partial charge in [0.15, 0.2) is 0 Å². The molecule has 0 heterocycles. The molecule has 0 fully saturated rings. The zero-order chi connectivity index (χ0) is 8.10. The molecule has 58 valence electrons. The molecular weight excluding hydrogens is 136 g/mol. The van der Waals surface area contributed by atoms with Gasteiger partial charge in [-0.15, -0.1) is 0 Å². The lowest BCUT2D eigenvalue weighted by Crippen LogP contribution is -2.02. The van der Waals surface area contributed by atoms with E-state index in [1.54, 1.807) is 6.08 Å². The number of nitrogens with two attached hydrogens (primary N) is 1. The molecule has 0 spiro atoms. The minimum absolute atomic E-state index is 0.712. The van der Waals surface area contributed by atoms with E-state index in [-0.39, 0.29) is 0 Å². The second-order valence-corrected chi connectivity index (χ2v) is 2.45. The van der Waals surface area contributed by atoms with Gasteiger partial charge in [-0.25, -0.2) is 0 Å². The second-order valence-electron chi connectivity index (χ2n) is 2.45. The summed E-state index contributed by atoms with van der Waals surface area (Å²) in [5, 5.41) is 6.83. The standard InChI is InChI=1S/C9H12N2/c10-7-6-9(11)8-4-2-1-3-5-8/h1-2,4,6-7,10H,3,5,11H2/b9-6-,10-7?. The number of allylic oxidation sites excluding steroid dienone is 5. The van der Waals surface area contributed by atoms with Crippen LogP contribution in [0.1, 0.15) is 12.8 Å². The predicted molar refractivity (Wildman–Crippen MR) is 47.5 cm³/mol. The normalized spacial score (nSPS) is 17.8. The highest BCUT2D eigenvalue weighted by Crippen LogP contribution is 2.15. The quantitative estimate of drug-likeness (QED) is 0.576. The fourth-order valence-corrected chi connectivity index (χ4v) is 1.04. The fraction of sp³-hybridized carbons (Fsp3) is 0.222. The summed E-state index contributed by atoms with van der Waals surface area (Å²) in [7, 11) is 0. The van der Waals surface area contributed by atoms with Crippen LogP contribution in [0.2, 0.25) is 0 Å². The van der Waals surface area contributed by atoms with E-state index in [0.29, 0.717) is 5.70 Å². The molecule has 0 unspecified atom stereocenters. The SMILES string of the molecule is N=C/C=C(\N)C1=CC=CCC1. The largest absolute Gasteiger partial charge is 0.398 e. The molecule has 0 saturated carbocycles. The first-order valence-electron chi connectivity index (χ1n) is 3.67. The lowest BCUT2D eigenvalue weighted by molar-refractivity contribution is 0.963. The number of hydrogen-bond donors (Lipinski definition) is 2. The van der Waals surface area contributed by atoms with E-state index in [0.717, 1.165) is 18.4 Å². The number of rotatable bonds is 2. The third-order valence-electron chi connectivity index (χ3n) is 1.65. The van der Waals surface area contributed by atoms with Crippen LogP contribution in [-0.4, -0.2) is 6.21 Å². The van der Waals surface area contributed by atoms with Crippen LogP contribution in [-0.2, 0) is 0 Å². The van der Waals surface area contributed by atoms with Crippen molar-refractivity contribution in [3.63, 3.8) is 0 Å². The Morgan fingerprint density at radius 2 is 2.45 bits per heavy atom. The van der Waals surface area contributed by atoms with Crippen LogP contribution in [0.5, 0.6) is 0 Å². The minimum atomic E-state index is 0.712. The molecule has 0 aromatic rings. The number of nitrogens with one attached hydrogen (secondary N) is 1. The van der Waals surface area contributed by atoms with Gasteiger partial charge in [0.2, 0.25) is 0 Å². The monoisotopic (exact) mass is 148 g/mol. The van der Waals surface area contributed by atoms with Gasteiger partial charge in [-0.3, -0.25) is 0 Å². The molecule has 3 N–H and O–H groups in total. The average molecular weight is 148 g/mol. The summed E-state index contributed by atoms with van der Waals surface area (Å²) in [5.74, 6) is 0. The Bertz CT molecular complexity index is 234. The third kappa shape index (κ3) is 2.08. The van der Waals surface area contributed by atoms with Crippen LogP contribution in [0.4, 0.5) is 0 Å². The van der Waals surface area contributed by atoms with Crippen molar-refractivity contribution in [1.29, 1.82) is 5.41 Å². The van der Waals surface area contributed by atoms with Gasteiger partial charge in [0.1, 0.15) is 0 Å². The van der Waals surface area contributed by atoms with E-state index in [9.17, 15) is 0 Å². The van der Waals surface area contributed by atoms with Gasteiger partial charge < -0.3 is 11.1 Å². The van der Waals surface area contributed by atoms with Crippen molar-refractivity contribution < 1.29 is 0 Å². The Labute approximate surface area is 66.6 Å². The Kier molecular flexibility index (Phi) is 2.66. The minimum Gasteiger partial charge on any atom is -0.398 e. The Balaban J connectivity index is 2.73. The molecule has 11 heavy (non-hydrogen) atoms. The summed E-state index contributed by atoms with van der Waals surface area (Å²) in [6.07, 6.45) is 11.0. The van der Waals surface area contributed by atoms with Crippen molar-refractivity contribution in [2.75, 3.05) is 0 Å². The van der Waals surface area contributed by atoms with Gasteiger partial charge in [-0.05, 0) is 24.5 Å².